The predicted octanol–water partition coefficient (Wildman–Crippen LogP) is 0.310. The molecule has 2 aromatic heterocycles. The molecule has 4 aromatic rings. The summed E-state index contributed by atoms with van der Waals surface area (Å²) in [5, 5.41) is 28.0. The van der Waals surface area contributed by atoms with Gasteiger partial charge in [-0.25, -0.2) is 18.2 Å². The van der Waals surface area contributed by atoms with Gasteiger partial charge < -0.3 is 19.9 Å². The molecule has 246 valence electrons. The van der Waals surface area contributed by atoms with Crippen LogP contribution in [-0.4, -0.2) is 118 Å². The zero-order valence-electron chi connectivity index (χ0n) is 25.4. The van der Waals surface area contributed by atoms with E-state index >= 15 is 0 Å². The molecule has 0 aliphatic carbocycles. The normalized spacial score (nSPS) is 17.2. The summed E-state index contributed by atoms with van der Waals surface area (Å²) in [6.45, 7) is 1.08. The van der Waals surface area contributed by atoms with E-state index in [4.69, 9.17) is 5.41 Å². The molecule has 0 bridgehead atoms. The second-order valence-corrected chi connectivity index (χ2v) is 14.0. The number of fused-ring (bicyclic) bond motifs is 2. The Morgan fingerprint density at radius 3 is 2.68 bits per heavy atom. The molecule has 4 heterocycles. The summed E-state index contributed by atoms with van der Waals surface area (Å²) in [4.78, 5) is 48.0. The summed E-state index contributed by atoms with van der Waals surface area (Å²) >= 11 is 1.30. The lowest BCUT2D eigenvalue weighted by Crippen LogP contribution is -2.61. The van der Waals surface area contributed by atoms with Crippen molar-refractivity contribution in [2.24, 2.45) is 0 Å². The maximum absolute atomic E-state index is 13.9. The topological polar surface area (TPSA) is 220 Å². The predicted molar refractivity (Wildman–Crippen MR) is 168 cm³/mol. The minimum atomic E-state index is -4.10. The second kappa shape index (κ2) is 13.1. The molecule has 47 heavy (non-hydrogen) atoms. The molecule has 0 spiro atoms. The van der Waals surface area contributed by atoms with E-state index in [2.05, 4.69) is 45.9 Å². The van der Waals surface area contributed by atoms with E-state index in [1.165, 1.54) is 39.8 Å². The van der Waals surface area contributed by atoms with Crippen molar-refractivity contribution in [1.82, 2.24) is 50.3 Å². The highest BCUT2D eigenvalue weighted by atomic mass is 32.2. The van der Waals surface area contributed by atoms with Gasteiger partial charge in [-0.1, -0.05) is 23.4 Å². The maximum Gasteiger partial charge on any atom is 0.412 e. The van der Waals surface area contributed by atoms with E-state index in [9.17, 15) is 22.8 Å². The highest BCUT2D eigenvalue weighted by Gasteiger charge is 2.41. The molecular formula is C28H31N11O6S2. The molecule has 2 aliphatic heterocycles. The van der Waals surface area contributed by atoms with Gasteiger partial charge in [0.25, 0.3) is 5.91 Å². The number of ether oxygens (including phenoxy) is 1. The van der Waals surface area contributed by atoms with Crippen molar-refractivity contribution < 1.29 is 27.5 Å². The number of tetrazole rings is 1. The van der Waals surface area contributed by atoms with Crippen molar-refractivity contribution in [2.45, 2.75) is 30.4 Å². The number of methoxy groups -OCH3 is 1. The van der Waals surface area contributed by atoms with Crippen LogP contribution in [0.2, 0.25) is 0 Å². The number of hydrogen-bond donors (Lipinski definition) is 4. The molecule has 1 fully saturated rings. The van der Waals surface area contributed by atoms with Gasteiger partial charge in [0.1, 0.15) is 11.9 Å². The summed E-state index contributed by atoms with van der Waals surface area (Å²) < 4.78 is 33.6. The number of aromatic nitrogens is 5. The third kappa shape index (κ3) is 6.68. The zero-order valence-corrected chi connectivity index (χ0v) is 27.0. The number of nitrogens with one attached hydrogen (secondary N) is 4. The number of thiazole rings is 1. The van der Waals surface area contributed by atoms with Gasteiger partial charge in [-0.15, -0.1) is 21.5 Å². The monoisotopic (exact) mass is 681 g/mol. The molecule has 2 aromatic carbocycles. The molecule has 0 saturated carbocycles. The fraction of sp³-hybridized carbons (Fsp3) is 0.357. The van der Waals surface area contributed by atoms with Crippen LogP contribution < -0.4 is 10.6 Å². The molecule has 1 saturated heterocycles. The number of hydrogen-bond acceptors (Lipinski definition) is 13. The molecule has 2 aliphatic rings. The summed E-state index contributed by atoms with van der Waals surface area (Å²) in [5.41, 5.74) is 1.28. The molecule has 19 heteroatoms. The quantitative estimate of drug-likeness (QED) is 0.154. The number of carbonyl (C=O) groups is 3. The van der Waals surface area contributed by atoms with Crippen LogP contribution in [0.15, 0.2) is 41.3 Å². The fourth-order valence-corrected chi connectivity index (χ4v) is 8.05. The van der Waals surface area contributed by atoms with Crippen molar-refractivity contribution in [3.63, 3.8) is 0 Å². The number of rotatable bonds is 7. The molecule has 0 radical (unpaired) electrons. The molecule has 3 amide bonds. The number of H-pyrrole nitrogens is 1. The first kappa shape index (κ1) is 32.1. The molecule has 1 unspecified atom stereocenters. The zero-order chi connectivity index (χ0) is 33.3. The number of aromatic amines is 1. The first-order valence-electron chi connectivity index (χ1n) is 14.5. The maximum atomic E-state index is 13.9. The smallest absolute Gasteiger partial charge is 0.412 e. The molecular weight excluding hydrogens is 651 g/mol. The number of alkyl carbamates (subject to hydrolysis) is 1. The Kier molecular flexibility index (Phi) is 8.95. The van der Waals surface area contributed by atoms with Crippen molar-refractivity contribution in [3.05, 3.63) is 63.4 Å². The summed E-state index contributed by atoms with van der Waals surface area (Å²) in [7, 11) is -0.913. The number of piperazine rings is 1. The Balaban J connectivity index is 1.24. The Hall–Kier alpha value is -4.85. The van der Waals surface area contributed by atoms with E-state index in [1.807, 2.05) is 7.05 Å². The van der Waals surface area contributed by atoms with Crippen molar-refractivity contribution in [1.29, 1.82) is 5.41 Å². The van der Waals surface area contributed by atoms with Crippen LogP contribution in [-0.2, 0) is 39.1 Å². The lowest BCUT2D eigenvalue weighted by Gasteiger charge is -2.39. The van der Waals surface area contributed by atoms with Crippen LogP contribution in [0.1, 0.15) is 31.8 Å². The number of sulfonamides is 1. The largest absolute Gasteiger partial charge is 0.453 e. The van der Waals surface area contributed by atoms with Gasteiger partial charge in [0.05, 0.1) is 24.2 Å². The lowest BCUT2D eigenvalue weighted by atomic mass is 10.1. The Morgan fingerprint density at radius 2 is 1.91 bits per heavy atom. The van der Waals surface area contributed by atoms with Crippen molar-refractivity contribution in [2.75, 3.05) is 40.3 Å². The summed E-state index contributed by atoms with van der Waals surface area (Å²) in [5.74, 6) is -0.948. The third-order valence-corrected chi connectivity index (χ3v) is 10.9. The summed E-state index contributed by atoms with van der Waals surface area (Å²) in [6.07, 6.45) is -0.0605. The van der Waals surface area contributed by atoms with Crippen LogP contribution >= 0.6 is 11.3 Å². The van der Waals surface area contributed by atoms with Crippen LogP contribution in [0.4, 0.5) is 4.79 Å². The van der Waals surface area contributed by atoms with E-state index in [-0.39, 0.29) is 47.7 Å². The standard InChI is InChI=1S/C28H31N11O6S2/c1-37-8-7-20-22(15-37)46-26(31-20)27(41)39-10-9-38(14-21(39)25(40)30-13-23-33-35-36-34-23)47(43,44)19-6-5-16-11-18(4-3-17(16)12-19)24(29)32-28(42)45-2/h3-6,11-12,21H,7-10,13-15H2,1-2H3,(H,30,40)(H2,29,32,42)(H,33,34,35,36). The van der Waals surface area contributed by atoms with Gasteiger partial charge in [0, 0.05) is 49.6 Å². The Morgan fingerprint density at radius 1 is 1.13 bits per heavy atom. The first-order chi connectivity index (χ1) is 22.5. The van der Waals surface area contributed by atoms with Gasteiger partial charge in [-0.2, -0.15) is 9.52 Å². The first-order valence-corrected chi connectivity index (χ1v) is 16.7. The molecule has 17 nitrogen and oxygen atoms in total. The Labute approximate surface area is 272 Å². The Bertz CT molecular complexity index is 1960. The van der Waals surface area contributed by atoms with Crippen LogP contribution in [0.3, 0.4) is 0 Å². The van der Waals surface area contributed by atoms with E-state index < -0.39 is 34.0 Å². The highest BCUT2D eigenvalue weighted by molar-refractivity contribution is 7.89. The van der Waals surface area contributed by atoms with E-state index in [0.29, 0.717) is 22.9 Å². The van der Waals surface area contributed by atoms with E-state index in [1.54, 1.807) is 24.3 Å². The highest BCUT2D eigenvalue weighted by Crippen LogP contribution is 2.29. The number of nitrogens with zero attached hydrogens (tertiary/aromatic N) is 7. The molecule has 1 atom stereocenters. The molecule has 6 rings (SSSR count). The lowest BCUT2D eigenvalue weighted by molar-refractivity contribution is -0.127. The number of benzene rings is 2. The minimum Gasteiger partial charge on any atom is -0.453 e. The van der Waals surface area contributed by atoms with Crippen LogP contribution in [0.5, 0.6) is 0 Å². The number of likely N-dealkylation sites (N-methyl/N-ethyl adjacent to an activating group) is 1. The van der Waals surface area contributed by atoms with Gasteiger partial charge >= 0.3 is 6.09 Å². The summed E-state index contributed by atoms with van der Waals surface area (Å²) in [6, 6.07) is 8.27. The average Bonchev–Trinajstić information content (AvgIpc) is 3.76. The second-order valence-electron chi connectivity index (χ2n) is 11.0. The third-order valence-electron chi connectivity index (χ3n) is 7.97. The van der Waals surface area contributed by atoms with Crippen molar-refractivity contribution >= 4 is 55.9 Å². The number of amides is 3. The van der Waals surface area contributed by atoms with Crippen molar-refractivity contribution in [3.8, 4) is 0 Å². The number of carbonyl (C=O) groups excluding carboxylic acids is 3. The van der Waals surface area contributed by atoms with Gasteiger partial charge in [-0.3, -0.25) is 20.3 Å². The number of amidine groups is 1. The SMILES string of the molecule is COC(=O)NC(=N)c1ccc2cc(S(=O)(=O)N3CCN(C(=O)c4nc5c(s4)CN(C)CC5)C(C(=O)NCc4nn[nH]n4)C3)ccc2c1. The van der Waals surface area contributed by atoms with Crippen LogP contribution in [0, 0.1) is 5.41 Å². The van der Waals surface area contributed by atoms with Gasteiger partial charge in [0.15, 0.2) is 10.8 Å². The molecule has 4 N–H and O–H groups in total. The van der Waals surface area contributed by atoms with Gasteiger partial charge in [0.2, 0.25) is 15.9 Å². The van der Waals surface area contributed by atoms with E-state index in [0.717, 1.165) is 23.5 Å². The van der Waals surface area contributed by atoms with Gasteiger partial charge in [-0.05, 0) is 36.0 Å². The average molecular weight is 682 g/mol. The fourth-order valence-electron chi connectivity index (χ4n) is 5.44. The minimum absolute atomic E-state index is 0.00274. The van der Waals surface area contributed by atoms with Crippen LogP contribution in [0.25, 0.3) is 10.8 Å².